The second kappa shape index (κ2) is 13.3. The maximum atomic E-state index is 13.9. The number of unbranched alkanes of at least 4 members (excludes halogenated alkanes) is 3. The van der Waals surface area contributed by atoms with Crippen molar-refractivity contribution in [1.82, 2.24) is 9.80 Å². The lowest BCUT2D eigenvalue weighted by Crippen LogP contribution is -2.49. The van der Waals surface area contributed by atoms with Crippen LogP contribution < -0.4 is 5.73 Å². The maximum absolute atomic E-state index is 13.9. The highest BCUT2D eigenvalue weighted by atomic mass is 35.5. The molecule has 0 spiro atoms. The van der Waals surface area contributed by atoms with Crippen molar-refractivity contribution < 1.29 is 13.6 Å². The second-order valence-electron chi connectivity index (χ2n) is 6.71. The zero-order valence-corrected chi connectivity index (χ0v) is 17.5. The van der Waals surface area contributed by atoms with E-state index in [2.05, 4.69) is 4.90 Å². The number of piperazine rings is 1. The van der Waals surface area contributed by atoms with E-state index in [0.29, 0.717) is 44.7 Å². The molecule has 1 heterocycles. The molecule has 1 aromatic carbocycles. The molecule has 1 atom stereocenters. The molecule has 0 radical (unpaired) electrons. The summed E-state index contributed by atoms with van der Waals surface area (Å²) in [6.07, 6.45) is 4.65. The highest BCUT2D eigenvalue weighted by Gasteiger charge is 2.25. The number of amides is 1. The van der Waals surface area contributed by atoms with E-state index in [1.165, 1.54) is 12.1 Å². The summed E-state index contributed by atoms with van der Waals surface area (Å²) in [5, 5.41) is 0. The summed E-state index contributed by atoms with van der Waals surface area (Å²) in [5.41, 5.74) is 5.96. The Balaban J connectivity index is 0.00000338. The predicted molar refractivity (Wildman–Crippen MR) is 110 cm³/mol. The summed E-state index contributed by atoms with van der Waals surface area (Å²) >= 11 is 0. The largest absolute Gasteiger partial charge is 0.340 e. The van der Waals surface area contributed by atoms with E-state index in [9.17, 15) is 13.6 Å². The van der Waals surface area contributed by atoms with Crippen molar-refractivity contribution in [1.29, 1.82) is 0 Å². The first-order valence-electron chi connectivity index (χ1n) is 9.19. The van der Waals surface area contributed by atoms with Gasteiger partial charge in [-0.1, -0.05) is 18.9 Å². The SMILES string of the molecule is CC(c1ccc(F)cc1F)N1CCN(C(=O)CCCCCCN)CC1.Cl.Cl. The second-order valence-corrected chi connectivity index (χ2v) is 6.71. The Labute approximate surface area is 173 Å². The molecule has 0 bridgehead atoms. The van der Waals surface area contributed by atoms with Gasteiger partial charge in [0, 0.05) is 50.3 Å². The van der Waals surface area contributed by atoms with Crippen LogP contribution in [0.3, 0.4) is 0 Å². The average Bonchev–Trinajstić information content (AvgIpc) is 2.61. The highest BCUT2D eigenvalue weighted by molar-refractivity contribution is 5.85. The monoisotopic (exact) mass is 425 g/mol. The maximum Gasteiger partial charge on any atom is 0.222 e. The van der Waals surface area contributed by atoms with Gasteiger partial charge in [0.05, 0.1) is 0 Å². The van der Waals surface area contributed by atoms with Crippen molar-refractivity contribution in [3.8, 4) is 0 Å². The zero-order valence-electron chi connectivity index (χ0n) is 15.8. The van der Waals surface area contributed by atoms with Gasteiger partial charge in [-0.15, -0.1) is 24.8 Å². The van der Waals surface area contributed by atoms with Crippen molar-refractivity contribution in [3.63, 3.8) is 0 Å². The number of hydrogen-bond donors (Lipinski definition) is 1. The molecule has 4 nitrogen and oxygen atoms in total. The van der Waals surface area contributed by atoms with Crippen LogP contribution in [-0.2, 0) is 4.79 Å². The van der Waals surface area contributed by atoms with Gasteiger partial charge in [-0.25, -0.2) is 8.78 Å². The van der Waals surface area contributed by atoms with Crippen LogP contribution in [0.4, 0.5) is 8.78 Å². The van der Waals surface area contributed by atoms with Gasteiger partial charge >= 0.3 is 0 Å². The van der Waals surface area contributed by atoms with Crippen LogP contribution in [0.15, 0.2) is 18.2 Å². The van der Waals surface area contributed by atoms with Crippen molar-refractivity contribution >= 4 is 30.7 Å². The van der Waals surface area contributed by atoms with E-state index in [1.807, 2.05) is 11.8 Å². The molecule has 1 fully saturated rings. The summed E-state index contributed by atoms with van der Waals surface area (Å²) in [6.45, 7) is 5.37. The van der Waals surface area contributed by atoms with Gasteiger partial charge in [0.1, 0.15) is 11.6 Å². The minimum atomic E-state index is -0.560. The standard InChI is InChI=1S/C19H29F2N3O.2ClH/c1-15(17-8-7-16(20)14-18(17)21)23-10-12-24(13-11-23)19(25)6-4-2-3-5-9-22;;/h7-8,14-15H,2-6,9-13,22H2,1H3;2*1H. The van der Waals surface area contributed by atoms with E-state index in [4.69, 9.17) is 5.73 Å². The van der Waals surface area contributed by atoms with Crippen LogP contribution in [-0.4, -0.2) is 48.4 Å². The topological polar surface area (TPSA) is 49.6 Å². The summed E-state index contributed by atoms with van der Waals surface area (Å²) in [7, 11) is 0. The van der Waals surface area contributed by atoms with Crippen LogP contribution in [0.2, 0.25) is 0 Å². The minimum absolute atomic E-state index is 0. The lowest BCUT2D eigenvalue weighted by Gasteiger charge is -2.38. The molecule has 1 aliphatic rings. The number of nitrogens with zero attached hydrogens (tertiary/aromatic N) is 2. The molecule has 0 saturated carbocycles. The van der Waals surface area contributed by atoms with Gasteiger partial charge in [-0.2, -0.15) is 0 Å². The third kappa shape index (κ3) is 7.90. The first-order valence-corrected chi connectivity index (χ1v) is 9.19. The van der Waals surface area contributed by atoms with Crippen LogP contribution in [0.1, 0.15) is 50.6 Å². The van der Waals surface area contributed by atoms with E-state index in [1.54, 1.807) is 0 Å². The molecule has 0 aromatic heterocycles. The Morgan fingerprint density at radius 3 is 2.30 bits per heavy atom. The van der Waals surface area contributed by atoms with Gasteiger partial charge < -0.3 is 10.6 Å². The molecular formula is C19H31Cl2F2N3O. The lowest BCUT2D eigenvalue weighted by atomic mass is 10.0. The normalized spacial score (nSPS) is 15.6. The van der Waals surface area contributed by atoms with E-state index < -0.39 is 11.6 Å². The van der Waals surface area contributed by atoms with Gasteiger partial charge in [0.25, 0.3) is 0 Å². The fraction of sp³-hybridized carbons (Fsp3) is 0.632. The average molecular weight is 426 g/mol. The van der Waals surface area contributed by atoms with E-state index in [-0.39, 0.29) is 36.8 Å². The molecule has 27 heavy (non-hydrogen) atoms. The van der Waals surface area contributed by atoms with Gasteiger partial charge in [0.15, 0.2) is 0 Å². The van der Waals surface area contributed by atoms with E-state index >= 15 is 0 Å². The molecule has 1 saturated heterocycles. The lowest BCUT2D eigenvalue weighted by molar-refractivity contribution is -0.133. The van der Waals surface area contributed by atoms with Crippen molar-refractivity contribution in [2.45, 2.75) is 45.1 Å². The third-order valence-electron chi connectivity index (χ3n) is 4.97. The molecule has 2 N–H and O–H groups in total. The number of hydrogen-bond acceptors (Lipinski definition) is 3. The van der Waals surface area contributed by atoms with Crippen molar-refractivity contribution in [2.24, 2.45) is 5.73 Å². The molecular weight excluding hydrogens is 395 g/mol. The zero-order chi connectivity index (χ0) is 18.2. The first-order chi connectivity index (χ1) is 12.0. The minimum Gasteiger partial charge on any atom is -0.340 e. The quantitative estimate of drug-likeness (QED) is 0.641. The fourth-order valence-electron chi connectivity index (χ4n) is 3.33. The van der Waals surface area contributed by atoms with E-state index in [0.717, 1.165) is 31.7 Å². The van der Waals surface area contributed by atoms with Crippen LogP contribution in [0, 0.1) is 11.6 Å². The smallest absolute Gasteiger partial charge is 0.222 e. The number of rotatable bonds is 8. The molecule has 156 valence electrons. The number of nitrogens with two attached hydrogens (primary N) is 1. The fourth-order valence-corrected chi connectivity index (χ4v) is 3.33. The van der Waals surface area contributed by atoms with Gasteiger partial charge in [0.2, 0.25) is 5.91 Å². The Bertz CT molecular complexity index is 570. The molecule has 0 aliphatic carbocycles. The Morgan fingerprint density at radius 1 is 1.07 bits per heavy atom. The van der Waals surface area contributed by atoms with Crippen LogP contribution >= 0.6 is 24.8 Å². The Hall–Kier alpha value is -0.950. The Morgan fingerprint density at radius 2 is 1.70 bits per heavy atom. The number of halogens is 4. The van der Waals surface area contributed by atoms with Crippen LogP contribution in [0.25, 0.3) is 0 Å². The number of benzene rings is 1. The van der Waals surface area contributed by atoms with Crippen molar-refractivity contribution in [3.05, 3.63) is 35.4 Å². The summed E-state index contributed by atoms with van der Waals surface area (Å²) < 4.78 is 27.0. The number of carbonyl (C=O) groups is 1. The molecule has 1 aliphatic heterocycles. The number of carbonyl (C=O) groups excluding carboxylic acids is 1. The Kier molecular flexibility index (Phi) is 12.8. The molecule has 2 rings (SSSR count). The summed E-state index contributed by atoms with van der Waals surface area (Å²) in [5.74, 6) is -0.869. The summed E-state index contributed by atoms with van der Waals surface area (Å²) in [4.78, 5) is 16.3. The molecule has 1 unspecified atom stereocenters. The predicted octanol–water partition coefficient (Wildman–Crippen LogP) is 3.92. The molecule has 1 aromatic rings. The van der Waals surface area contributed by atoms with Crippen molar-refractivity contribution in [2.75, 3.05) is 32.7 Å². The highest BCUT2D eigenvalue weighted by Crippen LogP contribution is 2.24. The molecule has 8 heteroatoms. The van der Waals surface area contributed by atoms with Gasteiger partial charge in [-0.05, 0) is 32.4 Å². The molecule has 1 amide bonds. The van der Waals surface area contributed by atoms with Crippen LogP contribution in [0.5, 0.6) is 0 Å². The third-order valence-corrected chi connectivity index (χ3v) is 4.97. The van der Waals surface area contributed by atoms with Gasteiger partial charge in [-0.3, -0.25) is 9.69 Å². The summed E-state index contributed by atoms with van der Waals surface area (Å²) in [6, 6.07) is 3.60. The first kappa shape index (κ1) is 26.1.